The van der Waals surface area contributed by atoms with E-state index < -0.39 is 0 Å². The Hall–Kier alpha value is -2.46. The summed E-state index contributed by atoms with van der Waals surface area (Å²) in [5.41, 5.74) is 1.22. The monoisotopic (exact) mass is 227 g/mol. The van der Waals surface area contributed by atoms with Gasteiger partial charge in [-0.1, -0.05) is 0 Å². The number of rotatable bonds is 3. The lowest BCUT2D eigenvalue weighted by atomic mass is 10.2. The summed E-state index contributed by atoms with van der Waals surface area (Å²) in [6.07, 6.45) is 0.636. The number of benzene rings is 1. The zero-order valence-electron chi connectivity index (χ0n) is 9.58. The lowest BCUT2D eigenvalue weighted by molar-refractivity contribution is 0.252. The highest BCUT2D eigenvalue weighted by Crippen LogP contribution is 2.08. The SMILES string of the molecule is CC#CCCNC(=O)Nc1ccc(C#N)cc1. The lowest BCUT2D eigenvalue weighted by Gasteiger charge is -2.05. The summed E-state index contributed by atoms with van der Waals surface area (Å²) in [6, 6.07) is 8.41. The molecule has 2 amide bonds. The van der Waals surface area contributed by atoms with Crippen molar-refractivity contribution in [3.05, 3.63) is 29.8 Å². The van der Waals surface area contributed by atoms with Gasteiger partial charge in [0.1, 0.15) is 0 Å². The molecule has 4 nitrogen and oxygen atoms in total. The smallest absolute Gasteiger partial charge is 0.319 e. The maximum Gasteiger partial charge on any atom is 0.319 e. The summed E-state index contributed by atoms with van der Waals surface area (Å²) < 4.78 is 0. The molecule has 1 rings (SSSR count). The third-order valence-corrected chi connectivity index (χ3v) is 1.98. The molecule has 0 saturated carbocycles. The number of nitriles is 1. The van der Waals surface area contributed by atoms with Gasteiger partial charge in [0.2, 0.25) is 0 Å². The molecule has 0 unspecified atom stereocenters. The molecule has 0 aliphatic rings. The third-order valence-electron chi connectivity index (χ3n) is 1.98. The summed E-state index contributed by atoms with van der Waals surface area (Å²) >= 11 is 0. The first kappa shape index (κ1) is 12.6. The average Bonchev–Trinajstić information content (AvgIpc) is 2.36. The highest BCUT2D eigenvalue weighted by atomic mass is 16.2. The fraction of sp³-hybridized carbons (Fsp3) is 0.231. The number of hydrogen-bond acceptors (Lipinski definition) is 2. The first-order valence-electron chi connectivity index (χ1n) is 5.21. The third kappa shape index (κ3) is 4.72. The van der Waals surface area contributed by atoms with E-state index in [0.29, 0.717) is 24.2 Å². The summed E-state index contributed by atoms with van der Waals surface area (Å²) in [7, 11) is 0. The summed E-state index contributed by atoms with van der Waals surface area (Å²) in [5, 5.41) is 14.0. The summed E-state index contributed by atoms with van der Waals surface area (Å²) in [5.74, 6) is 5.61. The predicted molar refractivity (Wildman–Crippen MR) is 66.2 cm³/mol. The molecule has 0 bridgehead atoms. The van der Waals surface area contributed by atoms with Gasteiger partial charge in [-0.25, -0.2) is 4.79 Å². The molecule has 0 aliphatic carbocycles. The number of hydrogen-bond donors (Lipinski definition) is 2. The van der Waals surface area contributed by atoms with Crippen LogP contribution >= 0.6 is 0 Å². The van der Waals surface area contributed by atoms with Crippen LogP contribution in [0.5, 0.6) is 0 Å². The van der Waals surface area contributed by atoms with Crippen molar-refractivity contribution in [3.63, 3.8) is 0 Å². The van der Waals surface area contributed by atoms with Crippen LogP contribution < -0.4 is 10.6 Å². The van der Waals surface area contributed by atoms with Gasteiger partial charge < -0.3 is 10.6 Å². The molecule has 0 aliphatic heterocycles. The zero-order chi connectivity index (χ0) is 12.5. The van der Waals surface area contributed by atoms with E-state index in [1.54, 1.807) is 31.2 Å². The molecule has 0 heterocycles. The first-order chi connectivity index (χ1) is 8.26. The van der Waals surface area contributed by atoms with Crippen LogP contribution in [0.2, 0.25) is 0 Å². The number of nitrogens with zero attached hydrogens (tertiary/aromatic N) is 1. The Kier molecular flexibility index (Phi) is 5.13. The Bertz CT molecular complexity index is 474. The second-order valence-electron chi connectivity index (χ2n) is 3.25. The van der Waals surface area contributed by atoms with Crippen molar-refractivity contribution in [3.8, 4) is 17.9 Å². The average molecular weight is 227 g/mol. The Morgan fingerprint density at radius 2 is 2.06 bits per heavy atom. The summed E-state index contributed by atoms with van der Waals surface area (Å²) in [6.45, 7) is 2.28. The van der Waals surface area contributed by atoms with Crippen molar-refractivity contribution in [1.82, 2.24) is 5.32 Å². The Labute approximate surface area is 101 Å². The molecule has 17 heavy (non-hydrogen) atoms. The van der Waals surface area contributed by atoms with Crippen LogP contribution in [-0.4, -0.2) is 12.6 Å². The fourth-order valence-electron chi connectivity index (χ4n) is 1.17. The van der Waals surface area contributed by atoms with Gasteiger partial charge in [0.15, 0.2) is 0 Å². The molecule has 0 atom stereocenters. The molecule has 0 radical (unpaired) electrons. The van der Waals surface area contributed by atoms with Gasteiger partial charge in [-0.2, -0.15) is 5.26 Å². The molecule has 2 N–H and O–H groups in total. The molecule has 0 saturated heterocycles. The van der Waals surface area contributed by atoms with Crippen LogP contribution in [0.1, 0.15) is 18.9 Å². The maximum absolute atomic E-state index is 11.4. The zero-order valence-corrected chi connectivity index (χ0v) is 9.58. The van der Waals surface area contributed by atoms with Crippen molar-refractivity contribution in [2.75, 3.05) is 11.9 Å². The molecule has 1 aromatic rings. The minimum absolute atomic E-state index is 0.271. The molecule has 4 heteroatoms. The second-order valence-corrected chi connectivity index (χ2v) is 3.25. The van der Waals surface area contributed by atoms with Gasteiger partial charge in [0, 0.05) is 18.7 Å². The van der Waals surface area contributed by atoms with Crippen molar-refractivity contribution in [2.45, 2.75) is 13.3 Å². The molecule has 0 aromatic heterocycles. The lowest BCUT2D eigenvalue weighted by Crippen LogP contribution is -2.29. The number of amides is 2. The van der Waals surface area contributed by atoms with E-state index in [2.05, 4.69) is 22.5 Å². The predicted octanol–water partition coefficient (Wildman–Crippen LogP) is 2.09. The van der Waals surface area contributed by atoms with Crippen LogP contribution in [0, 0.1) is 23.2 Å². The van der Waals surface area contributed by atoms with E-state index in [0.717, 1.165) is 0 Å². The maximum atomic E-state index is 11.4. The van der Waals surface area contributed by atoms with Crippen molar-refractivity contribution < 1.29 is 4.79 Å². The molecular weight excluding hydrogens is 214 g/mol. The van der Waals surface area contributed by atoms with Crippen LogP contribution in [0.15, 0.2) is 24.3 Å². The van der Waals surface area contributed by atoms with Crippen LogP contribution in [0.25, 0.3) is 0 Å². The molecule has 0 fully saturated rings. The highest BCUT2D eigenvalue weighted by molar-refractivity contribution is 5.89. The van der Waals surface area contributed by atoms with E-state index >= 15 is 0 Å². The molecule has 1 aromatic carbocycles. The number of carbonyl (C=O) groups excluding carboxylic acids is 1. The number of carbonyl (C=O) groups is 1. The normalized spacial score (nSPS) is 8.47. The quantitative estimate of drug-likeness (QED) is 0.613. The van der Waals surface area contributed by atoms with Crippen molar-refractivity contribution in [1.29, 1.82) is 5.26 Å². The number of nitrogens with one attached hydrogen (secondary N) is 2. The van der Waals surface area contributed by atoms with Crippen LogP contribution in [0.4, 0.5) is 10.5 Å². The number of anilines is 1. The van der Waals surface area contributed by atoms with E-state index in [-0.39, 0.29) is 6.03 Å². The fourth-order valence-corrected chi connectivity index (χ4v) is 1.17. The highest BCUT2D eigenvalue weighted by Gasteiger charge is 1.99. The van der Waals surface area contributed by atoms with Gasteiger partial charge in [-0.15, -0.1) is 11.8 Å². The van der Waals surface area contributed by atoms with Gasteiger partial charge >= 0.3 is 6.03 Å². The molecule has 86 valence electrons. The minimum atomic E-state index is -0.271. The van der Waals surface area contributed by atoms with E-state index in [1.165, 1.54) is 0 Å². The largest absolute Gasteiger partial charge is 0.337 e. The van der Waals surface area contributed by atoms with E-state index in [1.807, 2.05) is 6.07 Å². The van der Waals surface area contributed by atoms with Crippen molar-refractivity contribution in [2.24, 2.45) is 0 Å². The van der Waals surface area contributed by atoms with Gasteiger partial charge in [0.25, 0.3) is 0 Å². The molecule has 0 spiro atoms. The second kappa shape index (κ2) is 6.92. The van der Waals surface area contributed by atoms with Crippen LogP contribution in [-0.2, 0) is 0 Å². The minimum Gasteiger partial charge on any atom is -0.337 e. The number of urea groups is 1. The topological polar surface area (TPSA) is 64.9 Å². The Morgan fingerprint density at radius 1 is 1.35 bits per heavy atom. The van der Waals surface area contributed by atoms with Gasteiger partial charge in [-0.05, 0) is 31.2 Å². The van der Waals surface area contributed by atoms with Crippen molar-refractivity contribution >= 4 is 11.7 Å². The Balaban J connectivity index is 2.39. The van der Waals surface area contributed by atoms with E-state index in [4.69, 9.17) is 5.26 Å². The van der Waals surface area contributed by atoms with Crippen LogP contribution in [0.3, 0.4) is 0 Å². The standard InChI is InChI=1S/C13H13N3O/c1-2-3-4-9-15-13(17)16-12-7-5-11(10-14)6-8-12/h5-8H,4,9H2,1H3,(H2,15,16,17). The van der Waals surface area contributed by atoms with Gasteiger partial charge in [-0.3, -0.25) is 0 Å². The summed E-state index contributed by atoms with van der Waals surface area (Å²) in [4.78, 5) is 11.4. The molecular formula is C13H13N3O. The first-order valence-corrected chi connectivity index (χ1v) is 5.21. The van der Waals surface area contributed by atoms with E-state index in [9.17, 15) is 4.79 Å². The Morgan fingerprint density at radius 3 is 2.65 bits per heavy atom. The van der Waals surface area contributed by atoms with Gasteiger partial charge in [0.05, 0.1) is 11.6 Å².